The minimum absolute atomic E-state index is 0. The van der Waals surface area contributed by atoms with E-state index in [0.717, 1.165) is 44.2 Å². The van der Waals surface area contributed by atoms with Gasteiger partial charge in [-0.3, -0.25) is 4.90 Å². The van der Waals surface area contributed by atoms with Gasteiger partial charge < -0.3 is 10.3 Å². The van der Waals surface area contributed by atoms with Crippen LogP contribution in [0.15, 0.2) is 4.52 Å². The van der Waals surface area contributed by atoms with E-state index in [1.54, 1.807) is 0 Å². The molecule has 5 nitrogen and oxygen atoms in total. The molecule has 2 atom stereocenters. The lowest BCUT2D eigenvalue weighted by Crippen LogP contribution is -2.45. The SMILES string of the molecule is CC(C)Cc1noc(CN2CCC(N)C(C)C2)n1.Cl. The Bertz CT molecular complexity index is 382. The minimum Gasteiger partial charge on any atom is -0.338 e. The molecular formula is C13H25ClN4O. The van der Waals surface area contributed by atoms with Gasteiger partial charge in [0.15, 0.2) is 5.82 Å². The maximum atomic E-state index is 6.01. The summed E-state index contributed by atoms with van der Waals surface area (Å²) in [6.45, 7) is 9.31. The van der Waals surface area contributed by atoms with E-state index in [1.165, 1.54) is 0 Å². The van der Waals surface area contributed by atoms with Crippen LogP contribution < -0.4 is 5.73 Å². The number of rotatable bonds is 4. The van der Waals surface area contributed by atoms with Crippen LogP contribution >= 0.6 is 12.4 Å². The fourth-order valence-electron chi connectivity index (χ4n) is 2.39. The fourth-order valence-corrected chi connectivity index (χ4v) is 2.39. The van der Waals surface area contributed by atoms with E-state index < -0.39 is 0 Å². The minimum atomic E-state index is 0. The number of aromatic nitrogens is 2. The van der Waals surface area contributed by atoms with Gasteiger partial charge in [-0.2, -0.15) is 4.98 Å². The predicted molar refractivity (Wildman–Crippen MR) is 77.1 cm³/mol. The molecule has 0 amide bonds. The Hall–Kier alpha value is -0.650. The molecule has 0 spiro atoms. The molecule has 1 aliphatic rings. The second-order valence-corrected chi connectivity index (χ2v) is 5.87. The molecule has 0 aromatic carbocycles. The Morgan fingerprint density at radius 2 is 2.21 bits per heavy atom. The third kappa shape index (κ3) is 4.75. The highest BCUT2D eigenvalue weighted by Crippen LogP contribution is 2.17. The van der Waals surface area contributed by atoms with Gasteiger partial charge in [-0.15, -0.1) is 12.4 Å². The first-order valence-corrected chi connectivity index (χ1v) is 6.84. The molecule has 110 valence electrons. The molecule has 2 rings (SSSR count). The summed E-state index contributed by atoms with van der Waals surface area (Å²) in [6.07, 6.45) is 1.93. The average Bonchev–Trinajstić information content (AvgIpc) is 2.70. The maximum absolute atomic E-state index is 6.01. The Balaban J connectivity index is 0.00000180. The molecule has 1 aliphatic heterocycles. The number of hydrogen-bond acceptors (Lipinski definition) is 5. The number of hydrogen-bond donors (Lipinski definition) is 1. The van der Waals surface area contributed by atoms with Gasteiger partial charge in [0.25, 0.3) is 0 Å². The van der Waals surface area contributed by atoms with Gasteiger partial charge in [-0.1, -0.05) is 25.9 Å². The van der Waals surface area contributed by atoms with E-state index in [2.05, 4.69) is 35.8 Å². The molecule has 2 heterocycles. The van der Waals surface area contributed by atoms with Crippen molar-refractivity contribution in [2.75, 3.05) is 13.1 Å². The Morgan fingerprint density at radius 3 is 2.84 bits per heavy atom. The zero-order valence-electron chi connectivity index (χ0n) is 12.0. The molecule has 2 N–H and O–H groups in total. The molecule has 1 aromatic heterocycles. The summed E-state index contributed by atoms with van der Waals surface area (Å²) >= 11 is 0. The van der Waals surface area contributed by atoms with E-state index >= 15 is 0 Å². The highest BCUT2D eigenvalue weighted by Gasteiger charge is 2.24. The molecule has 0 saturated carbocycles. The average molecular weight is 289 g/mol. The van der Waals surface area contributed by atoms with Gasteiger partial charge in [-0.05, 0) is 18.3 Å². The van der Waals surface area contributed by atoms with E-state index in [-0.39, 0.29) is 12.4 Å². The molecule has 1 fully saturated rings. The van der Waals surface area contributed by atoms with Crippen LogP contribution in [0.1, 0.15) is 38.9 Å². The third-order valence-electron chi connectivity index (χ3n) is 3.52. The number of halogens is 1. The molecular weight excluding hydrogens is 264 g/mol. The molecule has 19 heavy (non-hydrogen) atoms. The summed E-state index contributed by atoms with van der Waals surface area (Å²) in [5.41, 5.74) is 6.01. The van der Waals surface area contributed by atoms with Crippen LogP contribution in [-0.2, 0) is 13.0 Å². The summed E-state index contributed by atoms with van der Waals surface area (Å²) in [6, 6.07) is 0.334. The van der Waals surface area contributed by atoms with Gasteiger partial charge in [0, 0.05) is 25.6 Å². The molecule has 1 saturated heterocycles. The highest BCUT2D eigenvalue weighted by molar-refractivity contribution is 5.85. The second kappa shape index (κ2) is 7.22. The summed E-state index contributed by atoms with van der Waals surface area (Å²) in [4.78, 5) is 6.79. The Labute approximate surface area is 121 Å². The lowest BCUT2D eigenvalue weighted by atomic mass is 9.95. The topological polar surface area (TPSA) is 68.2 Å². The molecule has 0 bridgehead atoms. The van der Waals surface area contributed by atoms with Crippen molar-refractivity contribution in [2.24, 2.45) is 17.6 Å². The normalized spacial score (nSPS) is 24.5. The summed E-state index contributed by atoms with van der Waals surface area (Å²) in [7, 11) is 0. The smallest absolute Gasteiger partial charge is 0.240 e. The zero-order valence-corrected chi connectivity index (χ0v) is 12.8. The van der Waals surface area contributed by atoms with Gasteiger partial charge in [0.2, 0.25) is 5.89 Å². The summed E-state index contributed by atoms with van der Waals surface area (Å²) in [5, 5.41) is 4.02. The fraction of sp³-hybridized carbons (Fsp3) is 0.846. The quantitative estimate of drug-likeness (QED) is 0.916. The van der Waals surface area contributed by atoms with Crippen LogP contribution in [0.4, 0.5) is 0 Å². The summed E-state index contributed by atoms with van der Waals surface area (Å²) < 4.78 is 5.30. The maximum Gasteiger partial charge on any atom is 0.240 e. The third-order valence-corrected chi connectivity index (χ3v) is 3.52. The Kier molecular flexibility index (Phi) is 6.23. The first-order chi connectivity index (χ1) is 8.54. The molecule has 0 radical (unpaired) electrons. The van der Waals surface area contributed by atoms with Crippen molar-refractivity contribution in [3.63, 3.8) is 0 Å². The number of nitrogens with two attached hydrogens (primary N) is 1. The molecule has 2 unspecified atom stereocenters. The standard InChI is InChI=1S/C13H24N4O.ClH/c1-9(2)6-12-15-13(18-16-12)8-17-5-4-11(14)10(3)7-17;/h9-11H,4-8,14H2,1-3H3;1H. The van der Waals surface area contributed by atoms with Crippen LogP contribution in [0.25, 0.3) is 0 Å². The predicted octanol–water partition coefficient (Wildman–Crippen LogP) is 1.86. The summed E-state index contributed by atoms with van der Waals surface area (Å²) in [5.74, 6) is 2.65. The second-order valence-electron chi connectivity index (χ2n) is 5.87. The molecule has 1 aromatic rings. The first kappa shape index (κ1) is 16.4. The van der Waals surface area contributed by atoms with E-state index in [1.807, 2.05) is 0 Å². The van der Waals surface area contributed by atoms with Gasteiger partial charge in [0.1, 0.15) is 0 Å². The van der Waals surface area contributed by atoms with Crippen molar-refractivity contribution in [3.05, 3.63) is 11.7 Å². The van der Waals surface area contributed by atoms with Crippen molar-refractivity contribution < 1.29 is 4.52 Å². The van der Waals surface area contributed by atoms with Crippen molar-refractivity contribution in [1.82, 2.24) is 15.0 Å². The number of likely N-dealkylation sites (tertiary alicyclic amines) is 1. The van der Waals surface area contributed by atoms with Crippen molar-refractivity contribution in [3.8, 4) is 0 Å². The van der Waals surface area contributed by atoms with Crippen LogP contribution in [0, 0.1) is 11.8 Å². The lowest BCUT2D eigenvalue weighted by Gasteiger charge is -2.34. The van der Waals surface area contributed by atoms with Crippen molar-refractivity contribution >= 4 is 12.4 Å². The van der Waals surface area contributed by atoms with Crippen LogP contribution in [-0.4, -0.2) is 34.2 Å². The monoisotopic (exact) mass is 288 g/mol. The highest BCUT2D eigenvalue weighted by atomic mass is 35.5. The Morgan fingerprint density at radius 1 is 1.47 bits per heavy atom. The van der Waals surface area contributed by atoms with E-state index in [9.17, 15) is 0 Å². The van der Waals surface area contributed by atoms with Gasteiger partial charge >= 0.3 is 0 Å². The van der Waals surface area contributed by atoms with Crippen LogP contribution in [0.3, 0.4) is 0 Å². The molecule has 6 heteroatoms. The lowest BCUT2D eigenvalue weighted by molar-refractivity contribution is 0.142. The largest absolute Gasteiger partial charge is 0.338 e. The number of piperidine rings is 1. The van der Waals surface area contributed by atoms with E-state index in [4.69, 9.17) is 10.3 Å². The molecule has 0 aliphatic carbocycles. The zero-order chi connectivity index (χ0) is 13.1. The van der Waals surface area contributed by atoms with Gasteiger partial charge in [-0.25, -0.2) is 0 Å². The van der Waals surface area contributed by atoms with Crippen molar-refractivity contribution in [1.29, 1.82) is 0 Å². The van der Waals surface area contributed by atoms with Crippen molar-refractivity contribution in [2.45, 2.75) is 46.2 Å². The van der Waals surface area contributed by atoms with Gasteiger partial charge in [0.05, 0.1) is 6.54 Å². The van der Waals surface area contributed by atoms with Crippen LogP contribution in [0.5, 0.6) is 0 Å². The number of nitrogens with zero attached hydrogens (tertiary/aromatic N) is 3. The first-order valence-electron chi connectivity index (χ1n) is 6.84. The van der Waals surface area contributed by atoms with E-state index in [0.29, 0.717) is 17.9 Å². The van der Waals surface area contributed by atoms with Crippen LogP contribution in [0.2, 0.25) is 0 Å².